The van der Waals surface area contributed by atoms with E-state index in [2.05, 4.69) is 11.9 Å². The Hall–Kier alpha value is -2.53. The van der Waals surface area contributed by atoms with E-state index < -0.39 is 131 Å². The summed E-state index contributed by atoms with van der Waals surface area (Å²) in [5, 5.41) is 59.2. The number of carbonyl (C=O) groups excluding carboxylic acids is 2. The van der Waals surface area contributed by atoms with Gasteiger partial charge in [-0.3, -0.25) is 9.78 Å². The Balaban J connectivity index is 0.925. The summed E-state index contributed by atoms with van der Waals surface area (Å²) in [6.07, 6.45) is -3.33. The smallest absolute Gasteiger partial charge is 0.339 e. The van der Waals surface area contributed by atoms with Crippen LogP contribution in [0.4, 0.5) is 0 Å². The molecule has 0 amide bonds. The molecule has 370 valence electrons. The van der Waals surface area contributed by atoms with Gasteiger partial charge in [0.2, 0.25) is 0 Å². The van der Waals surface area contributed by atoms with Crippen LogP contribution < -0.4 is 0 Å². The monoisotopic (exact) mass is 933 g/mol. The highest BCUT2D eigenvalue weighted by molar-refractivity contribution is 5.90. The highest BCUT2D eigenvalue weighted by Crippen LogP contribution is 2.71. The van der Waals surface area contributed by atoms with Crippen molar-refractivity contribution in [2.45, 2.75) is 208 Å². The number of methoxy groups -OCH3 is 3. The van der Waals surface area contributed by atoms with E-state index in [4.69, 9.17) is 47.4 Å². The summed E-state index contributed by atoms with van der Waals surface area (Å²) < 4.78 is 61.5. The van der Waals surface area contributed by atoms with Crippen LogP contribution in [-0.4, -0.2) is 173 Å². The lowest BCUT2D eigenvalue weighted by Crippen LogP contribution is -2.78. The molecule has 0 bridgehead atoms. The van der Waals surface area contributed by atoms with Crippen molar-refractivity contribution in [1.29, 1.82) is 0 Å². The topological polar surface area (TPSA) is 240 Å². The fraction of sp³-hybridized carbons (Fsp3) is 0.812. The Morgan fingerprint density at radius 2 is 1.44 bits per heavy atom. The number of carbonyl (C=O) groups is 2. The van der Waals surface area contributed by atoms with Gasteiger partial charge < -0.3 is 72.9 Å². The third kappa shape index (κ3) is 8.01. The van der Waals surface area contributed by atoms with E-state index in [-0.39, 0.29) is 37.4 Å². The number of hydrogen-bond donors (Lipinski definition) is 5. The molecule has 4 aliphatic carbocycles. The number of Topliss-reactive ketones (excluding diaryl/α,β-unsaturated/α-hetero) is 1. The number of ether oxygens (including phenoxy) is 10. The maximum Gasteiger partial charge on any atom is 0.339 e. The molecule has 0 radical (unpaired) electrons. The van der Waals surface area contributed by atoms with E-state index in [1.807, 2.05) is 19.9 Å². The molecule has 0 unspecified atom stereocenters. The van der Waals surface area contributed by atoms with E-state index in [1.54, 1.807) is 40.2 Å². The Bertz CT molecular complexity index is 1940. The average Bonchev–Trinajstić information content (AvgIpc) is 3.52. The molecule has 1 aromatic heterocycles. The van der Waals surface area contributed by atoms with E-state index in [0.717, 1.165) is 5.57 Å². The van der Waals surface area contributed by atoms with Gasteiger partial charge in [0, 0.05) is 52.5 Å². The fourth-order valence-corrected chi connectivity index (χ4v) is 13.1. The van der Waals surface area contributed by atoms with Crippen LogP contribution in [0, 0.1) is 16.7 Å². The molecule has 5 N–H and O–H groups in total. The van der Waals surface area contributed by atoms with Crippen molar-refractivity contribution in [2.75, 3.05) is 21.3 Å². The van der Waals surface area contributed by atoms with E-state index in [1.165, 1.54) is 26.4 Å². The molecule has 3 saturated carbocycles. The fourth-order valence-electron chi connectivity index (χ4n) is 13.1. The minimum absolute atomic E-state index is 0.0583. The van der Waals surface area contributed by atoms with E-state index >= 15 is 0 Å². The SMILES string of the molecule is CO[C@@H]1[C@@H](O)[C@H](O[C@@H]2[C@@H](C)O[C@@H](O[C@H]3[C@@H](OC)C[C@H](O[C@H]4CC[C@@]5(C)C(=CC[C@]6(O)[C@@H]5C[C@@H](OC(=O)c5cccnc5)[C@@]5(C)[C@]6(O)CC[C@@]5(O)C(C)=O)C4)O[C@@H]3C)C[C@H]2OC)O[C@H](C)[C@H]1O. The number of nitrogens with zero attached hydrogens (tertiary/aromatic N) is 1. The van der Waals surface area contributed by atoms with Crippen LogP contribution in [0.1, 0.15) is 110 Å². The van der Waals surface area contributed by atoms with Crippen LogP contribution in [0.5, 0.6) is 0 Å². The van der Waals surface area contributed by atoms with Crippen molar-refractivity contribution in [3.63, 3.8) is 0 Å². The van der Waals surface area contributed by atoms with E-state index in [9.17, 15) is 35.1 Å². The number of rotatable bonds is 12. The van der Waals surface area contributed by atoms with Crippen LogP contribution in [0.15, 0.2) is 36.2 Å². The van der Waals surface area contributed by atoms with Gasteiger partial charge in [0.15, 0.2) is 24.7 Å². The molecular formula is C48H71NO17. The number of fused-ring (bicyclic) bond motifs is 5. The van der Waals surface area contributed by atoms with Gasteiger partial charge in [-0.25, -0.2) is 4.79 Å². The lowest BCUT2D eigenvalue weighted by molar-refractivity contribution is -0.352. The second-order valence-electron chi connectivity index (χ2n) is 20.3. The number of aliphatic hydroxyl groups is 5. The second-order valence-corrected chi connectivity index (χ2v) is 20.3. The minimum Gasteiger partial charge on any atom is -0.458 e. The van der Waals surface area contributed by atoms with Crippen molar-refractivity contribution in [1.82, 2.24) is 4.98 Å². The molecule has 1 aromatic rings. The zero-order valence-corrected chi connectivity index (χ0v) is 39.6. The van der Waals surface area contributed by atoms with Gasteiger partial charge in [0.05, 0.1) is 47.6 Å². The summed E-state index contributed by atoms with van der Waals surface area (Å²) in [6.45, 7) is 10.3. The van der Waals surface area contributed by atoms with Crippen molar-refractivity contribution in [2.24, 2.45) is 16.7 Å². The molecule has 21 atom stereocenters. The molecule has 18 nitrogen and oxygen atoms in total. The molecule has 6 fully saturated rings. The van der Waals surface area contributed by atoms with Crippen LogP contribution in [-0.2, 0) is 52.2 Å². The summed E-state index contributed by atoms with van der Waals surface area (Å²) in [7, 11) is 4.60. The van der Waals surface area contributed by atoms with Crippen LogP contribution in [0.25, 0.3) is 0 Å². The Morgan fingerprint density at radius 3 is 2.05 bits per heavy atom. The summed E-state index contributed by atoms with van der Waals surface area (Å²) in [6, 6.07) is 3.18. The molecular weight excluding hydrogens is 863 g/mol. The van der Waals surface area contributed by atoms with E-state index in [0.29, 0.717) is 32.1 Å². The molecule has 66 heavy (non-hydrogen) atoms. The lowest BCUT2D eigenvalue weighted by Gasteiger charge is -2.67. The third-order valence-corrected chi connectivity index (χ3v) is 17.1. The second kappa shape index (κ2) is 18.7. The summed E-state index contributed by atoms with van der Waals surface area (Å²) in [4.78, 5) is 31.0. The minimum atomic E-state index is -2.05. The third-order valence-electron chi connectivity index (χ3n) is 17.1. The molecule has 0 aromatic carbocycles. The first-order valence-electron chi connectivity index (χ1n) is 23.6. The van der Waals surface area contributed by atoms with Crippen molar-refractivity contribution in [3.8, 4) is 0 Å². The summed E-state index contributed by atoms with van der Waals surface area (Å²) in [5.74, 6) is -1.84. The first kappa shape index (κ1) is 49.9. The predicted molar refractivity (Wildman–Crippen MR) is 230 cm³/mol. The number of hydrogen-bond acceptors (Lipinski definition) is 18. The molecule has 18 heteroatoms. The van der Waals surface area contributed by atoms with Gasteiger partial charge in [0.1, 0.15) is 53.4 Å². The Morgan fingerprint density at radius 1 is 0.788 bits per heavy atom. The first-order chi connectivity index (χ1) is 31.2. The van der Waals surface area contributed by atoms with Gasteiger partial charge in [0.25, 0.3) is 0 Å². The van der Waals surface area contributed by atoms with Gasteiger partial charge in [-0.1, -0.05) is 18.6 Å². The summed E-state index contributed by atoms with van der Waals surface area (Å²) in [5.41, 5.74) is -6.89. The maximum atomic E-state index is 13.6. The number of esters is 1. The van der Waals surface area contributed by atoms with Crippen molar-refractivity contribution < 1.29 is 82.5 Å². The molecule has 8 rings (SSSR count). The zero-order chi connectivity index (χ0) is 47.7. The highest BCUT2D eigenvalue weighted by atomic mass is 16.8. The molecule has 3 aliphatic heterocycles. The van der Waals surface area contributed by atoms with Gasteiger partial charge in [-0.05, 0) is 97.1 Å². The molecule has 4 heterocycles. The first-order valence-corrected chi connectivity index (χ1v) is 23.6. The van der Waals surface area contributed by atoms with Crippen LogP contribution in [0.2, 0.25) is 0 Å². The van der Waals surface area contributed by atoms with Gasteiger partial charge >= 0.3 is 5.97 Å². The predicted octanol–water partition coefficient (Wildman–Crippen LogP) is 2.67. The standard InChI is InChI=1S/C48H71NO17/c1-24-37(51)41(59-9)38(52)43(62-24)66-40-26(3)61-36(21-32(40)58-8)65-39-25(2)60-35(20-31(39)57-7)63-30-13-14-44(5)29(19-30)12-15-47(55)33(44)22-34(64-42(53)28-11-10-18-49-23-28)45(6)46(54,27(4)50)16-17-48(45,47)56/h10-12,18,23-26,30-41,43,51-52,54-56H,13-17,19-22H2,1-9H3/t24-,25-,26-,30+,31+,32-,33-,34-,35+,36+,37-,38-,39-,40-,41+,43+,44+,45-,46-,47+,48-/m1/s1. The van der Waals surface area contributed by atoms with Crippen molar-refractivity contribution >= 4 is 11.8 Å². The van der Waals surface area contributed by atoms with Crippen molar-refractivity contribution in [3.05, 3.63) is 41.7 Å². The van der Waals surface area contributed by atoms with Crippen LogP contribution in [0.3, 0.4) is 0 Å². The molecule has 7 aliphatic rings. The maximum absolute atomic E-state index is 13.6. The number of aliphatic hydroxyl groups excluding tert-OH is 2. The lowest BCUT2D eigenvalue weighted by atomic mass is 9.42. The normalized spacial score (nSPS) is 49.2. The van der Waals surface area contributed by atoms with Gasteiger partial charge in [-0.15, -0.1) is 0 Å². The largest absolute Gasteiger partial charge is 0.458 e. The van der Waals surface area contributed by atoms with Gasteiger partial charge in [-0.2, -0.15) is 0 Å². The number of ketones is 1. The van der Waals surface area contributed by atoms with Crippen LogP contribution >= 0.6 is 0 Å². The Kier molecular flexibility index (Phi) is 14.1. The number of aromatic nitrogens is 1. The quantitative estimate of drug-likeness (QED) is 0.150. The summed E-state index contributed by atoms with van der Waals surface area (Å²) >= 11 is 0. The highest BCUT2D eigenvalue weighted by Gasteiger charge is 2.81. The molecule has 3 saturated heterocycles. The zero-order valence-electron chi connectivity index (χ0n) is 39.6. The average molecular weight is 934 g/mol. The number of pyridine rings is 1. The Labute approximate surface area is 386 Å². The molecule has 0 spiro atoms.